The quantitative estimate of drug-likeness (QED) is 0.373. The maximum Gasteiger partial charge on any atom is 0.412 e. The van der Waals surface area contributed by atoms with Crippen LogP contribution in [0, 0.1) is 12.8 Å². The van der Waals surface area contributed by atoms with Crippen LogP contribution in [-0.4, -0.2) is 84.2 Å². The Hall–Kier alpha value is -4.29. The predicted octanol–water partition coefficient (Wildman–Crippen LogP) is 3.56. The summed E-state index contributed by atoms with van der Waals surface area (Å²) < 4.78 is 15.5. The van der Waals surface area contributed by atoms with Gasteiger partial charge in [0.05, 0.1) is 37.9 Å². The molecule has 1 atom stereocenters. The Kier molecular flexibility index (Phi) is 9.23. The normalized spacial score (nSPS) is 14.7. The Morgan fingerprint density at radius 2 is 1.97 bits per heavy atom. The van der Waals surface area contributed by atoms with E-state index >= 15 is 0 Å². The lowest BCUT2D eigenvalue weighted by molar-refractivity contribution is 0.154. The standard InChI is InChI=1S/C27H32N6O6/c1-17-22(13-21(14-29-17)30-26(35)33-7-5-18(15-33)16-37-2)20-10-23(31-25(12-20)39-9-8-34)19-4-6-28-24(11-19)32-27(36)38-3/h4,6,10-14,18,34H,5,7-9,15-16H2,1-3H3,(H,30,35)(H,28,32,36)/t18-/m1/s1. The summed E-state index contributed by atoms with van der Waals surface area (Å²) in [6.45, 7) is 3.70. The van der Waals surface area contributed by atoms with Gasteiger partial charge in [-0.2, -0.15) is 0 Å². The van der Waals surface area contributed by atoms with Gasteiger partial charge in [0.25, 0.3) is 0 Å². The summed E-state index contributed by atoms with van der Waals surface area (Å²) in [6.07, 6.45) is 3.43. The van der Waals surface area contributed by atoms with Crippen LogP contribution in [0.2, 0.25) is 0 Å². The Balaban J connectivity index is 1.64. The second kappa shape index (κ2) is 13.0. The SMILES string of the molecule is COC[C@@H]1CCN(C(=O)Nc2cnc(C)c(-c3cc(OCCO)nc(-c4ccnc(NC(=O)OC)c4)c3)c2)C1. The minimum absolute atomic E-state index is 0.0641. The van der Waals surface area contributed by atoms with Gasteiger partial charge in [0.2, 0.25) is 5.88 Å². The fourth-order valence-electron chi connectivity index (χ4n) is 4.33. The first-order valence-corrected chi connectivity index (χ1v) is 12.5. The Morgan fingerprint density at radius 3 is 2.74 bits per heavy atom. The van der Waals surface area contributed by atoms with E-state index in [1.807, 2.05) is 19.1 Å². The third-order valence-electron chi connectivity index (χ3n) is 6.24. The van der Waals surface area contributed by atoms with Crippen molar-refractivity contribution in [2.24, 2.45) is 5.92 Å². The second-order valence-corrected chi connectivity index (χ2v) is 9.04. The number of ether oxygens (including phenoxy) is 3. The highest BCUT2D eigenvalue weighted by molar-refractivity contribution is 5.90. The zero-order chi connectivity index (χ0) is 27.8. The van der Waals surface area contributed by atoms with Crippen molar-refractivity contribution < 1.29 is 28.9 Å². The van der Waals surface area contributed by atoms with Crippen LogP contribution in [0.15, 0.2) is 42.7 Å². The van der Waals surface area contributed by atoms with E-state index in [-0.39, 0.29) is 19.2 Å². The number of hydrogen-bond acceptors (Lipinski definition) is 9. The minimum Gasteiger partial charge on any atom is -0.475 e. The molecular weight excluding hydrogens is 504 g/mol. The molecule has 4 rings (SSSR count). The van der Waals surface area contributed by atoms with E-state index in [1.165, 1.54) is 7.11 Å². The molecule has 0 radical (unpaired) electrons. The van der Waals surface area contributed by atoms with Gasteiger partial charge >= 0.3 is 12.1 Å². The summed E-state index contributed by atoms with van der Waals surface area (Å²) in [5.41, 5.74) is 4.02. The van der Waals surface area contributed by atoms with Gasteiger partial charge in [-0.3, -0.25) is 10.3 Å². The summed E-state index contributed by atoms with van der Waals surface area (Å²) in [5.74, 6) is 0.920. The predicted molar refractivity (Wildman–Crippen MR) is 145 cm³/mol. The summed E-state index contributed by atoms with van der Waals surface area (Å²) in [4.78, 5) is 39.5. The van der Waals surface area contributed by atoms with Crippen LogP contribution >= 0.6 is 0 Å². The van der Waals surface area contributed by atoms with Crippen molar-refractivity contribution >= 4 is 23.6 Å². The van der Waals surface area contributed by atoms with Gasteiger partial charge in [0.15, 0.2) is 0 Å². The molecule has 0 unspecified atom stereocenters. The van der Waals surface area contributed by atoms with Gasteiger partial charge in [0, 0.05) is 55.2 Å². The molecule has 0 saturated carbocycles. The van der Waals surface area contributed by atoms with Gasteiger partial charge in [-0.1, -0.05) is 0 Å². The molecule has 1 aliphatic rings. The number of nitrogens with one attached hydrogen (secondary N) is 2. The number of hydrogen-bond donors (Lipinski definition) is 3. The van der Waals surface area contributed by atoms with Crippen LogP contribution in [0.25, 0.3) is 22.4 Å². The molecule has 0 bridgehead atoms. The molecule has 1 saturated heterocycles. The van der Waals surface area contributed by atoms with Gasteiger partial charge in [0.1, 0.15) is 12.4 Å². The Bertz CT molecular complexity index is 1320. The second-order valence-electron chi connectivity index (χ2n) is 9.04. The lowest BCUT2D eigenvalue weighted by Crippen LogP contribution is -2.33. The Labute approximate surface area is 226 Å². The molecule has 12 heteroatoms. The molecule has 0 spiro atoms. The number of urea groups is 1. The lowest BCUT2D eigenvalue weighted by atomic mass is 10.0. The molecular formula is C27H32N6O6. The van der Waals surface area contributed by atoms with Crippen molar-refractivity contribution in [2.45, 2.75) is 13.3 Å². The monoisotopic (exact) mass is 536 g/mol. The zero-order valence-corrected chi connectivity index (χ0v) is 22.1. The largest absolute Gasteiger partial charge is 0.475 e. The molecule has 1 aliphatic heterocycles. The molecule has 3 aromatic heterocycles. The van der Waals surface area contributed by atoms with Gasteiger partial charge in [-0.25, -0.2) is 19.6 Å². The minimum atomic E-state index is -0.642. The molecule has 1 fully saturated rings. The molecule has 206 valence electrons. The van der Waals surface area contributed by atoms with Crippen molar-refractivity contribution in [1.29, 1.82) is 0 Å². The molecule has 12 nitrogen and oxygen atoms in total. The topological polar surface area (TPSA) is 148 Å². The highest BCUT2D eigenvalue weighted by atomic mass is 16.5. The van der Waals surface area contributed by atoms with Crippen LogP contribution < -0.4 is 15.4 Å². The van der Waals surface area contributed by atoms with Crippen LogP contribution in [0.1, 0.15) is 12.1 Å². The fraction of sp³-hybridized carbons (Fsp3) is 0.370. The third kappa shape index (κ3) is 7.18. The highest BCUT2D eigenvalue weighted by Gasteiger charge is 2.26. The smallest absolute Gasteiger partial charge is 0.412 e. The molecule has 4 heterocycles. The summed E-state index contributed by atoms with van der Waals surface area (Å²) in [6, 6.07) is 8.68. The molecule has 3 N–H and O–H groups in total. The van der Waals surface area contributed by atoms with Gasteiger partial charge in [-0.15, -0.1) is 0 Å². The first-order chi connectivity index (χ1) is 18.9. The van der Waals surface area contributed by atoms with Crippen molar-refractivity contribution in [1.82, 2.24) is 19.9 Å². The molecule has 0 aromatic carbocycles. The zero-order valence-electron chi connectivity index (χ0n) is 22.1. The maximum absolute atomic E-state index is 12.9. The van der Waals surface area contributed by atoms with Crippen LogP contribution in [0.4, 0.5) is 21.1 Å². The van der Waals surface area contributed by atoms with E-state index in [4.69, 9.17) is 9.47 Å². The van der Waals surface area contributed by atoms with E-state index in [0.29, 0.717) is 54.3 Å². The van der Waals surface area contributed by atoms with Crippen LogP contribution in [0.3, 0.4) is 0 Å². The first-order valence-electron chi connectivity index (χ1n) is 12.5. The van der Waals surface area contributed by atoms with Crippen LogP contribution in [0.5, 0.6) is 5.88 Å². The number of carbonyl (C=O) groups excluding carboxylic acids is 2. The number of amides is 3. The number of aromatic nitrogens is 3. The van der Waals surface area contributed by atoms with Crippen molar-refractivity contribution in [3.63, 3.8) is 0 Å². The number of rotatable bonds is 9. The molecule has 0 aliphatic carbocycles. The average Bonchev–Trinajstić information content (AvgIpc) is 3.42. The van der Waals surface area contributed by atoms with E-state index in [0.717, 1.165) is 23.2 Å². The Morgan fingerprint density at radius 1 is 1.13 bits per heavy atom. The van der Waals surface area contributed by atoms with E-state index in [2.05, 4.69) is 30.3 Å². The van der Waals surface area contributed by atoms with Crippen molar-refractivity contribution in [3.05, 3.63) is 48.4 Å². The number of methoxy groups -OCH3 is 2. The number of nitrogens with zero attached hydrogens (tertiary/aromatic N) is 4. The molecule has 3 amide bonds. The fourth-order valence-corrected chi connectivity index (χ4v) is 4.33. The number of carbonyl (C=O) groups is 2. The lowest BCUT2D eigenvalue weighted by Gasteiger charge is -2.18. The number of aliphatic hydroxyl groups is 1. The van der Waals surface area contributed by atoms with E-state index < -0.39 is 6.09 Å². The van der Waals surface area contributed by atoms with Gasteiger partial charge < -0.3 is 29.5 Å². The number of likely N-dealkylation sites (tertiary alicyclic amines) is 1. The summed E-state index contributed by atoms with van der Waals surface area (Å²) in [7, 11) is 2.94. The summed E-state index contributed by atoms with van der Waals surface area (Å²) >= 11 is 0. The number of aliphatic hydroxyl groups excluding tert-OH is 1. The summed E-state index contributed by atoms with van der Waals surface area (Å²) in [5, 5.41) is 14.8. The van der Waals surface area contributed by atoms with Crippen LogP contribution in [-0.2, 0) is 9.47 Å². The van der Waals surface area contributed by atoms with Gasteiger partial charge in [-0.05, 0) is 43.2 Å². The van der Waals surface area contributed by atoms with Crippen molar-refractivity contribution in [3.8, 4) is 28.3 Å². The first kappa shape index (κ1) is 27.7. The average molecular weight is 537 g/mol. The number of aryl methyl sites for hydroxylation is 1. The third-order valence-corrected chi connectivity index (χ3v) is 6.24. The highest BCUT2D eigenvalue weighted by Crippen LogP contribution is 2.32. The van der Waals surface area contributed by atoms with E-state index in [9.17, 15) is 14.7 Å². The van der Waals surface area contributed by atoms with Crippen molar-refractivity contribution in [2.75, 3.05) is 57.8 Å². The van der Waals surface area contributed by atoms with E-state index in [1.54, 1.807) is 42.6 Å². The number of anilines is 2. The maximum atomic E-state index is 12.9. The number of pyridine rings is 3. The molecule has 3 aromatic rings. The molecule has 39 heavy (non-hydrogen) atoms.